The van der Waals surface area contributed by atoms with Crippen LogP contribution in [0.4, 0.5) is 5.69 Å². The molecule has 0 bridgehead atoms. The lowest BCUT2D eigenvalue weighted by Crippen LogP contribution is -2.45. The van der Waals surface area contributed by atoms with E-state index >= 15 is 0 Å². The quantitative estimate of drug-likeness (QED) is 0.305. The van der Waals surface area contributed by atoms with Crippen molar-refractivity contribution in [3.63, 3.8) is 0 Å². The zero-order chi connectivity index (χ0) is 32.1. The Labute approximate surface area is 264 Å². The van der Waals surface area contributed by atoms with Gasteiger partial charge in [-0.1, -0.05) is 43.3 Å². The van der Waals surface area contributed by atoms with Crippen LogP contribution in [0.1, 0.15) is 61.0 Å². The number of hydrogen-bond donors (Lipinski definition) is 2. The van der Waals surface area contributed by atoms with Gasteiger partial charge < -0.3 is 34.1 Å². The molecule has 45 heavy (non-hydrogen) atoms. The molecule has 5 unspecified atom stereocenters. The zero-order valence-corrected chi connectivity index (χ0v) is 26.4. The predicted octanol–water partition coefficient (Wildman–Crippen LogP) is 4.94. The highest BCUT2D eigenvalue weighted by molar-refractivity contribution is 5.94. The highest BCUT2D eigenvalue weighted by Crippen LogP contribution is 2.42. The molecule has 2 N–H and O–H groups in total. The molecule has 0 saturated carbocycles. The summed E-state index contributed by atoms with van der Waals surface area (Å²) in [7, 11) is 3.31. The minimum Gasteiger partial charge on any atom is -0.493 e. The predicted molar refractivity (Wildman–Crippen MR) is 168 cm³/mol. The molecule has 2 heterocycles. The molecule has 10 heteroatoms. The highest BCUT2D eigenvalue weighted by atomic mass is 16.7. The van der Waals surface area contributed by atoms with Crippen molar-refractivity contribution in [2.45, 2.75) is 64.9 Å². The second-order valence-electron chi connectivity index (χ2n) is 11.6. The van der Waals surface area contributed by atoms with Gasteiger partial charge in [0.2, 0.25) is 0 Å². The number of fused-ring (bicyclic) bond motifs is 1. The van der Waals surface area contributed by atoms with Crippen molar-refractivity contribution in [2.75, 3.05) is 32.6 Å². The summed E-state index contributed by atoms with van der Waals surface area (Å²) in [6.07, 6.45) is -1.03. The van der Waals surface area contributed by atoms with E-state index in [1.54, 1.807) is 26.4 Å². The fourth-order valence-corrected chi connectivity index (χ4v) is 5.95. The van der Waals surface area contributed by atoms with E-state index in [0.717, 1.165) is 47.7 Å². The van der Waals surface area contributed by atoms with Crippen molar-refractivity contribution >= 4 is 17.6 Å². The van der Waals surface area contributed by atoms with Crippen LogP contribution in [0.5, 0.6) is 11.5 Å². The van der Waals surface area contributed by atoms with Gasteiger partial charge in [0.05, 0.1) is 33.0 Å². The number of hydrogen-bond acceptors (Lipinski definition) is 9. The Morgan fingerprint density at radius 1 is 0.978 bits per heavy atom. The Morgan fingerprint density at radius 3 is 2.24 bits per heavy atom. The van der Waals surface area contributed by atoms with Crippen LogP contribution in [-0.2, 0) is 43.4 Å². The number of amides is 1. The molecule has 10 nitrogen and oxygen atoms in total. The maximum atomic E-state index is 12.4. The number of carbonyl (C=O) groups is 2. The summed E-state index contributed by atoms with van der Waals surface area (Å²) >= 11 is 0. The molecule has 0 aliphatic carbocycles. The van der Waals surface area contributed by atoms with Crippen molar-refractivity contribution in [3.05, 3.63) is 88.5 Å². The number of ether oxygens (including phenoxy) is 5. The average molecular weight is 619 g/mol. The van der Waals surface area contributed by atoms with E-state index in [0.29, 0.717) is 12.2 Å². The first-order valence-corrected chi connectivity index (χ1v) is 15.2. The molecule has 3 aromatic rings. The van der Waals surface area contributed by atoms with E-state index in [1.807, 2.05) is 36.4 Å². The summed E-state index contributed by atoms with van der Waals surface area (Å²) in [4.78, 5) is 26.0. The van der Waals surface area contributed by atoms with Crippen LogP contribution < -0.4 is 14.8 Å². The number of methoxy groups -OCH3 is 2. The summed E-state index contributed by atoms with van der Waals surface area (Å²) in [6.45, 7) is 7.29. The normalized spacial score (nSPS) is 22.2. The lowest BCUT2D eigenvalue weighted by Gasteiger charge is -2.43. The molecular formula is C35H42N2O8. The molecule has 3 aromatic carbocycles. The molecule has 0 aromatic heterocycles. The van der Waals surface area contributed by atoms with E-state index in [1.165, 1.54) is 25.0 Å². The number of aliphatic hydroxyl groups excluding tert-OH is 1. The van der Waals surface area contributed by atoms with Gasteiger partial charge in [-0.3, -0.25) is 14.5 Å². The van der Waals surface area contributed by atoms with Gasteiger partial charge in [0.1, 0.15) is 0 Å². The molecule has 0 spiro atoms. The number of carbonyl (C=O) groups excluding carboxylic acids is 2. The molecule has 2 aliphatic rings. The van der Waals surface area contributed by atoms with Crippen LogP contribution in [0.15, 0.2) is 60.7 Å². The van der Waals surface area contributed by atoms with Crippen LogP contribution in [0.2, 0.25) is 0 Å². The van der Waals surface area contributed by atoms with Gasteiger partial charge in [0, 0.05) is 43.7 Å². The topological polar surface area (TPSA) is 116 Å². The third-order valence-corrected chi connectivity index (χ3v) is 8.52. The number of rotatable bonds is 10. The maximum absolute atomic E-state index is 12.4. The fourth-order valence-electron chi connectivity index (χ4n) is 5.95. The number of benzene rings is 3. The molecule has 2 aliphatic heterocycles. The highest BCUT2D eigenvalue weighted by Gasteiger charge is 2.39. The minimum atomic E-state index is -0.905. The molecule has 1 fully saturated rings. The average Bonchev–Trinajstić information content (AvgIpc) is 3.05. The summed E-state index contributed by atoms with van der Waals surface area (Å²) in [5, 5.41) is 12.3. The van der Waals surface area contributed by atoms with Crippen LogP contribution in [-0.4, -0.2) is 61.4 Å². The Hall–Kier alpha value is -3.96. The van der Waals surface area contributed by atoms with Crippen molar-refractivity contribution < 1.29 is 38.4 Å². The number of aliphatic hydroxyl groups is 1. The van der Waals surface area contributed by atoms with Gasteiger partial charge >= 0.3 is 5.97 Å². The largest absolute Gasteiger partial charge is 0.493 e. The van der Waals surface area contributed by atoms with Gasteiger partial charge in [-0.05, 0) is 59.9 Å². The zero-order valence-electron chi connectivity index (χ0n) is 26.4. The van der Waals surface area contributed by atoms with Gasteiger partial charge in [-0.25, -0.2) is 0 Å². The summed E-state index contributed by atoms with van der Waals surface area (Å²) in [6, 6.07) is 19.3. The van der Waals surface area contributed by atoms with Crippen molar-refractivity contribution in [2.24, 2.45) is 5.92 Å². The molecule has 5 rings (SSSR count). The number of nitrogens with one attached hydrogen (secondary N) is 1. The van der Waals surface area contributed by atoms with Crippen molar-refractivity contribution in [1.29, 1.82) is 0 Å². The number of nitrogens with zero attached hydrogens (tertiary/aromatic N) is 1. The fraction of sp³-hybridized carbons (Fsp3) is 0.429. The first kappa shape index (κ1) is 32.4. The third kappa shape index (κ3) is 7.65. The molecule has 5 atom stereocenters. The van der Waals surface area contributed by atoms with Crippen LogP contribution in [0.25, 0.3) is 0 Å². The Balaban J connectivity index is 1.35. The van der Waals surface area contributed by atoms with E-state index in [2.05, 4.69) is 29.3 Å². The monoisotopic (exact) mass is 618 g/mol. The van der Waals surface area contributed by atoms with E-state index < -0.39 is 24.3 Å². The van der Waals surface area contributed by atoms with E-state index in [-0.39, 0.29) is 24.7 Å². The van der Waals surface area contributed by atoms with E-state index in [9.17, 15) is 14.7 Å². The molecule has 0 radical (unpaired) electrons. The Morgan fingerprint density at radius 2 is 1.62 bits per heavy atom. The second kappa shape index (κ2) is 14.4. The van der Waals surface area contributed by atoms with Crippen LogP contribution >= 0.6 is 0 Å². The van der Waals surface area contributed by atoms with E-state index in [4.69, 9.17) is 23.7 Å². The Bertz CT molecular complexity index is 1480. The lowest BCUT2D eigenvalue weighted by atomic mass is 9.89. The standard InChI is InChI=1S/C35H42N2O8/c1-21-32(19-37-15-14-27-16-30(41-4)31(42-5)17-28(27)18-37)44-35(45-33(21)25-8-6-24(20-38)7-9-25)26-10-12-29(13-11-26)36-34(40)22(2)43-23(3)39/h6-13,16-17,21-22,32-33,35,38H,14-15,18-20H2,1-5H3,(H,36,40). The molecular weight excluding hydrogens is 576 g/mol. The van der Waals surface area contributed by atoms with Crippen molar-refractivity contribution in [1.82, 2.24) is 4.90 Å². The minimum absolute atomic E-state index is 0.0225. The first-order chi connectivity index (χ1) is 21.7. The molecule has 240 valence electrons. The molecule has 1 amide bonds. The van der Waals surface area contributed by atoms with Gasteiger partial charge in [-0.15, -0.1) is 0 Å². The van der Waals surface area contributed by atoms with Crippen LogP contribution in [0, 0.1) is 5.92 Å². The summed E-state index contributed by atoms with van der Waals surface area (Å²) in [5.74, 6) is 0.573. The van der Waals surface area contributed by atoms with Gasteiger partial charge in [0.25, 0.3) is 5.91 Å². The lowest BCUT2D eigenvalue weighted by molar-refractivity contribution is -0.276. The Kier molecular flexibility index (Phi) is 10.4. The smallest absolute Gasteiger partial charge is 0.303 e. The SMILES string of the molecule is COc1cc2c(cc1OC)CN(CC1OC(c3ccc(NC(=O)C(C)OC(C)=O)cc3)OC(c3ccc(CO)cc3)C1C)CC2. The van der Waals surface area contributed by atoms with Crippen LogP contribution in [0.3, 0.4) is 0 Å². The van der Waals surface area contributed by atoms with Gasteiger partial charge in [0.15, 0.2) is 23.9 Å². The second-order valence-corrected chi connectivity index (χ2v) is 11.6. The maximum Gasteiger partial charge on any atom is 0.303 e. The van der Waals surface area contributed by atoms with Crippen molar-refractivity contribution in [3.8, 4) is 11.5 Å². The number of esters is 1. The molecule has 1 saturated heterocycles. The van der Waals surface area contributed by atoms with Gasteiger partial charge in [-0.2, -0.15) is 0 Å². The third-order valence-electron chi connectivity index (χ3n) is 8.52. The summed E-state index contributed by atoms with van der Waals surface area (Å²) in [5.41, 5.74) is 5.72. The first-order valence-electron chi connectivity index (χ1n) is 15.2. The summed E-state index contributed by atoms with van der Waals surface area (Å²) < 4.78 is 29.3. The number of anilines is 1.